The first kappa shape index (κ1) is 81.0. The van der Waals surface area contributed by atoms with Crippen molar-refractivity contribution in [3.05, 3.63) is 72.8 Å². The maximum absolute atomic E-state index is 18.1. The van der Waals surface area contributed by atoms with Gasteiger partial charge in [-0.2, -0.15) is 0 Å². The quantitative estimate of drug-likeness (QED) is 0.0310. The number of unbranched alkanes of at least 4 members (excludes halogenated alkanes) is 45. The summed E-state index contributed by atoms with van der Waals surface area (Å²) in [6.45, 7) is 6.93. The van der Waals surface area contributed by atoms with Crippen LogP contribution >= 0.6 is 43.4 Å². The van der Waals surface area contributed by atoms with Crippen LogP contribution in [-0.4, -0.2) is 59.5 Å². The molecule has 512 valence electrons. The zero-order chi connectivity index (χ0) is 64.1. The van der Waals surface area contributed by atoms with Gasteiger partial charge in [-0.3, -0.25) is 0 Å². The van der Waals surface area contributed by atoms with Gasteiger partial charge in [0.25, 0.3) is 0 Å². The molecule has 0 amide bonds. The van der Waals surface area contributed by atoms with Crippen LogP contribution in [0.1, 0.15) is 329 Å². The summed E-state index contributed by atoms with van der Waals surface area (Å²) in [5.74, 6) is 2.73. The van der Waals surface area contributed by atoms with E-state index in [1.807, 2.05) is 0 Å². The summed E-state index contributed by atoms with van der Waals surface area (Å²) in [6.07, 6.45) is 65.1. The van der Waals surface area contributed by atoms with Crippen molar-refractivity contribution in [2.75, 3.05) is 86.5 Å². The Morgan fingerprint density at radius 2 is 0.360 bits per heavy atom. The lowest BCUT2D eigenvalue weighted by Gasteiger charge is -2.45. The van der Waals surface area contributed by atoms with Gasteiger partial charge in [-0.05, 0) is 128 Å². The minimum atomic E-state index is -3.76. The molecule has 0 unspecified atom stereocenters. The molecule has 0 saturated carbocycles. The van der Waals surface area contributed by atoms with Crippen LogP contribution in [0.15, 0.2) is 72.8 Å². The second-order valence-corrected chi connectivity index (χ2v) is 33.1. The molecular formula is C78H141N6OPS3. The summed E-state index contributed by atoms with van der Waals surface area (Å²) in [4.78, 5) is 6.53. The van der Waals surface area contributed by atoms with Gasteiger partial charge in [0.15, 0.2) is 0 Å². The van der Waals surface area contributed by atoms with Crippen molar-refractivity contribution in [2.45, 2.75) is 329 Å². The summed E-state index contributed by atoms with van der Waals surface area (Å²) < 4.78 is 25.0. The minimum Gasteiger partial charge on any atom is -0.378 e. The van der Waals surface area contributed by atoms with Gasteiger partial charge in [0.2, 0.25) is 0 Å². The van der Waals surface area contributed by atoms with Gasteiger partial charge >= 0.3 is 7.59 Å². The van der Waals surface area contributed by atoms with E-state index < -0.39 is 7.59 Å². The van der Waals surface area contributed by atoms with Gasteiger partial charge < -0.3 is 14.7 Å². The lowest BCUT2D eigenvalue weighted by atomic mass is 10.0. The second-order valence-electron chi connectivity index (χ2n) is 27.0. The molecule has 3 aromatic rings. The number of hydrogen-bond acceptors (Lipinski definition) is 7. The van der Waals surface area contributed by atoms with Crippen LogP contribution in [0.4, 0.5) is 34.1 Å². The lowest BCUT2D eigenvalue weighted by molar-refractivity contribution is 0.531. The third kappa shape index (κ3) is 37.4. The fourth-order valence-electron chi connectivity index (χ4n) is 12.2. The van der Waals surface area contributed by atoms with Crippen molar-refractivity contribution in [2.24, 2.45) is 0 Å². The van der Waals surface area contributed by atoms with Crippen LogP contribution in [0.3, 0.4) is 0 Å². The molecule has 7 nitrogen and oxygen atoms in total. The first-order chi connectivity index (χ1) is 43.6. The van der Waals surface area contributed by atoms with Crippen LogP contribution in [0.5, 0.6) is 0 Å². The van der Waals surface area contributed by atoms with E-state index in [9.17, 15) is 0 Å². The normalized spacial score (nSPS) is 11.7. The highest BCUT2D eigenvalue weighted by atomic mass is 32.2. The molecule has 3 aromatic carbocycles. The van der Waals surface area contributed by atoms with Crippen LogP contribution in [0.2, 0.25) is 0 Å². The second kappa shape index (κ2) is 55.1. The molecule has 0 aliphatic carbocycles. The van der Waals surface area contributed by atoms with Crippen LogP contribution in [0, 0.1) is 0 Å². The number of anilines is 6. The smallest absolute Gasteiger partial charge is 0.378 e. The van der Waals surface area contributed by atoms with Crippen LogP contribution < -0.4 is 26.9 Å². The van der Waals surface area contributed by atoms with Crippen LogP contribution in [-0.2, 0) is 4.57 Å². The van der Waals surface area contributed by atoms with Gasteiger partial charge in [-0.15, -0.1) is 0 Å². The predicted octanol–water partition coefficient (Wildman–Crippen LogP) is 27.5. The molecule has 0 aliphatic heterocycles. The molecule has 0 aliphatic rings. The zero-order valence-electron chi connectivity index (χ0n) is 59.8. The zero-order valence-corrected chi connectivity index (χ0v) is 63.1. The Morgan fingerprint density at radius 1 is 0.225 bits per heavy atom. The van der Waals surface area contributed by atoms with Gasteiger partial charge in [0.05, 0.1) is 17.1 Å². The molecule has 0 radical (unpaired) electrons. The van der Waals surface area contributed by atoms with Crippen molar-refractivity contribution in [3.63, 3.8) is 0 Å². The topological polar surface area (TPSA) is 36.5 Å². The maximum atomic E-state index is 18.1. The van der Waals surface area contributed by atoms with Crippen molar-refractivity contribution in [1.82, 2.24) is 0 Å². The van der Waals surface area contributed by atoms with Gasteiger partial charge in [-0.1, -0.05) is 310 Å². The molecule has 0 aromatic heterocycles. The molecule has 0 spiro atoms. The summed E-state index contributed by atoms with van der Waals surface area (Å²) >= 11 is 5.42. The molecule has 0 heterocycles. The molecule has 0 fully saturated rings. The van der Waals surface area contributed by atoms with E-state index in [0.717, 1.165) is 70.6 Å². The van der Waals surface area contributed by atoms with E-state index in [4.69, 9.17) is 0 Å². The molecule has 0 N–H and O–H groups in total. The Hall–Kier alpha value is -2.26. The summed E-state index contributed by atoms with van der Waals surface area (Å²) in [5, 5.41) is 0. The number of hydrogen-bond donors (Lipinski definition) is 0. The Kier molecular flexibility index (Phi) is 50.1. The molecule has 0 bridgehead atoms. The molecule has 0 saturated heterocycles. The third-order valence-corrected chi connectivity index (χ3v) is 26.0. The highest BCUT2D eigenvalue weighted by Crippen LogP contribution is 2.68. The van der Waals surface area contributed by atoms with E-state index in [1.165, 1.54) is 289 Å². The van der Waals surface area contributed by atoms with Crippen molar-refractivity contribution >= 4 is 77.6 Å². The highest BCUT2D eigenvalue weighted by Gasteiger charge is 2.47. The summed E-state index contributed by atoms with van der Waals surface area (Å²) in [6, 6.07) is 26.8. The Bertz CT molecular complexity index is 1840. The van der Waals surface area contributed by atoms with Crippen molar-refractivity contribution in [1.29, 1.82) is 0 Å². The largest absolute Gasteiger partial charge is 0.390 e. The van der Waals surface area contributed by atoms with E-state index in [1.54, 1.807) is 35.8 Å². The fourth-order valence-corrected chi connectivity index (χ4v) is 20.5. The Balaban J connectivity index is 1.88. The molecule has 0 atom stereocenters. The molecule has 89 heavy (non-hydrogen) atoms. The standard InChI is InChI=1S/C78H141N6OPS3/c1-10-13-16-19-22-25-28-31-34-37-40-43-46-49-52-55-70-87-82(76-64-58-73(59-65-76)79(4)5)86(85,83(77-66-60-74(61-67-77)80(6)7)88-71-56-53-50-47-44-41-38-35-32-29-26-23-20-17-14-11-2)84(78-68-62-75(63-69-78)81(8)9)89-72-57-54-51-48-45-42-39-36-33-30-27-24-21-18-15-12-3/h58-69H,10-57,70-72H2,1-9H3. The first-order valence-corrected chi connectivity index (χ1v) is 42.2. The van der Waals surface area contributed by atoms with Crippen LogP contribution in [0.25, 0.3) is 0 Å². The van der Waals surface area contributed by atoms with Crippen molar-refractivity contribution in [3.8, 4) is 0 Å². The Morgan fingerprint density at radius 3 is 0.506 bits per heavy atom. The maximum Gasteiger partial charge on any atom is 0.390 e. The average molecular weight is 1310 g/mol. The monoisotopic (exact) mass is 1310 g/mol. The lowest BCUT2D eigenvalue weighted by Crippen LogP contribution is -2.34. The number of benzene rings is 3. The first-order valence-electron chi connectivity index (χ1n) is 37.8. The predicted molar refractivity (Wildman–Crippen MR) is 413 cm³/mol. The average Bonchev–Trinajstić information content (AvgIpc) is 0.777. The van der Waals surface area contributed by atoms with Crippen molar-refractivity contribution < 1.29 is 4.57 Å². The summed E-state index contributed by atoms with van der Waals surface area (Å²) in [5.41, 5.74) is 6.43. The van der Waals surface area contributed by atoms with Gasteiger partial charge in [-0.25, -0.2) is 16.8 Å². The van der Waals surface area contributed by atoms with E-state index >= 15 is 4.57 Å². The third-order valence-electron chi connectivity index (χ3n) is 18.1. The van der Waals surface area contributed by atoms with E-state index in [2.05, 4.69) is 163 Å². The highest BCUT2D eigenvalue weighted by molar-refractivity contribution is 8.18. The fraction of sp³-hybridized carbons (Fsp3) is 0.769. The number of rotatable bonds is 63. The van der Waals surface area contributed by atoms with E-state index in [-0.39, 0.29) is 0 Å². The molecule has 11 heteroatoms. The van der Waals surface area contributed by atoms with Gasteiger partial charge in [0, 0.05) is 76.6 Å². The summed E-state index contributed by atoms with van der Waals surface area (Å²) in [7, 11) is 8.95. The van der Waals surface area contributed by atoms with E-state index in [0.29, 0.717) is 0 Å². The minimum absolute atomic E-state index is 0.909. The number of nitrogens with zero attached hydrogens (tertiary/aromatic N) is 6. The Labute approximate surface area is 566 Å². The molecular weight excluding hydrogens is 1160 g/mol. The SMILES string of the molecule is CCCCCCCCCCCCCCCCCCSN(c1ccc(N(C)C)cc1)P(=O)(N(SCCCCCCCCCCCCCCCCCC)c1ccc(N(C)C)cc1)N(SCCCCCCCCCCCCCCCCCC)c1ccc(N(C)C)cc1. The molecule has 3 rings (SSSR count). The van der Waals surface area contributed by atoms with Gasteiger partial charge in [0.1, 0.15) is 0 Å².